The van der Waals surface area contributed by atoms with Crippen LogP contribution in [0.15, 0.2) is 54.6 Å². The van der Waals surface area contributed by atoms with Gasteiger partial charge in [-0.2, -0.15) is 9.97 Å². The maximum Gasteiger partial charge on any atom is 0.319 e. The molecule has 0 radical (unpaired) electrons. The summed E-state index contributed by atoms with van der Waals surface area (Å²) in [5.74, 6) is 1.61. The van der Waals surface area contributed by atoms with E-state index in [-0.39, 0.29) is 11.9 Å². The Kier molecular flexibility index (Phi) is 10.1. The quantitative estimate of drug-likeness (QED) is 0.216. The third-order valence-electron chi connectivity index (χ3n) is 10.1. The van der Waals surface area contributed by atoms with Gasteiger partial charge in [0, 0.05) is 43.4 Å². The van der Waals surface area contributed by atoms with E-state index in [9.17, 15) is 0 Å². The summed E-state index contributed by atoms with van der Waals surface area (Å²) < 4.78 is 32.9. The molecule has 3 aromatic carbocycles. The number of ether oxygens (including phenoxy) is 3. The molecular weight excluding hydrogens is 603 g/mol. The molecule has 1 aromatic heterocycles. The van der Waals surface area contributed by atoms with Crippen LogP contribution < -0.4 is 19.7 Å². The maximum absolute atomic E-state index is 15.4. The normalized spacial score (nSPS) is 21.3. The Labute approximate surface area is 284 Å². The highest BCUT2D eigenvalue weighted by Crippen LogP contribution is 2.50. The number of hydrogen-bond acceptors (Lipinski definition) is 7. The second kappa shape index (κ2) is 14.8. The van der Waals surface area contributed by atoms with E-state index >= 15 is 4.39 Å². The lowest BCUT2D eigenvalue weighted by atomic mass is 9.89. The smallest absolute Gasteiger partial charge is 0.319 e. The Morgan fingerprint density at radius 3 is 2.33 bits per heavy atom. The lowest BCUT2D eigenvalue weighted by molar-refractivity contribution is 0.0219. The molecule has 7 nitrogen and oxygen atoms in total. The monoisotopic (exact) mass is 652 g/mol. The van der Waals surface area contributed by atoms with Crippen LogP contribution in [0.1, 0.15) is 80.9 Å². The predicted octanol–water partition coefficient (Wildman–Crippen LogP) is 8.16. The van der Waals surface area contributed by atoms with E-state index in [4.69, 9.17) is 24.2 Å². The third-order valence-corrected chi connectivity index (χ3v) is 10.1. The first-order chi connectivity index (χ1) is 23.5. The summed E-state index contributed by atoms with van der Waals surface area (Å²) in [6.45, 7) is 7.48. The van der Waals surface area contributed by atoms with Crippen LogP contribution in [-0.4, -0.2) is 61.6 Å². The van der Waals surface area contributed by atoms with Gasteiger partial charge in [0.1, 0.15) is 23.5 Å². The van der Waals surface area contributed by atoms with Crippen LogP contribution in [0, 0.1) is 12.7 Å². The molecule has 2 unspecified atom stereocenters. The molecular formula is C40H49FN4O3. The summed E-state index contributed by atoms with van der Waals surface area (Å²) in [5.41, 5.74) is 5.77. The lowest BCUT2D eigenvalue weighted by Gasteiger charge is -2.31. The minimum absolute atomic E-state index is 0.0351. The summed E-state index contributed by atoms with van der Waals surface area (Å²) in [4.78, 5) is 12.4. The number of anilines is 1. The maximum atomic E-state index is 15.4. The van der Waals surface area contributed by atoms with Gasteiger partial charge >= 0.3 is 6.01 Å². The van der Waals surface area contributed by atoms with Crippen LogP contribution in [-0.2, 0) is 11.2 Å². The molecule has 2 bridgehead atoms. The van der Waals surface area contributed by atoms with Gasteiger partial charge < -0.3 is 24.4 Å². The lowest BCUT2D eigenvalue weighted by Crippen LogP contribution is -2.44. The van der Waals surface area contributed by atoms with Crippen molar-refractivity contribution in [1.29, 1.82) is 0 Å². The van der Waals surface area contributed by atoms with Crippen molar-refractivity contribution in [1.82, 2.24) is 15.3 Å². The Balaban J connectivity index is 0.000000282. The van der Waals surface area contributed by atoms with Crippen LogP contribution in [0.2, 0.25) is 0 Å². The Bertz CT molecular complexity index is 1700. The predicted molar refractivity (Wildman–Crippen MR) is 190 cm³/mol. The molecule has 3 saturated heterocycles. The number of aryl methyl sites for hydroxylation is 2. The molecule has 5 fully saturated rings. The van der Waals surface area contributed by atoms with Gasteiger partial charge in [-0.1, -0.05) is 62.6 Å². The van der Waals surface area contributed by atoms with Gasteiger partial charge in [0.25, 0.3) is 0 Å². The highest BCUT2D eigenvalue weighted by Gasteiger charge is 2.40. The minimum atomic E-state index is -0.278. The first-order valence-electron chi connectivity index (χ1n) is 18.0. The van der Waals surface area contributed by atoms with E-state index in [0.717, 1.165) is 79.5 Å². The molecule has 2 aliphatic carbocycles. The van der Waals surface area contributed by atoms with Gasteiger partial charge in [0.15, 0.2) is 0 Å². The summed E-state index contributed by atoms with van der Waals surface area (Å²) >= 11 is 0. The molecule has 2 atom stereocenters. The molecule has 254 valence electrons. The summed E-state index contributed by atoms with van der Waals surface area (Å²) in [6, 6.07) is 19.0. The van der Waals surface area contributed by atoms with Crippen molar-refractivity contribution >= 4 is 16.7 Å². The van der Waals surface area contributed by atoms with E-state index < -0.39 is 0 Å². The van der Waals surface area contributed by atoms with Gasteiger partial charge in [-0.3, -0.25) is 0 Å². The molecule has 4 heterocycles. The number of fused-ring (bicyclic) bond motifs is 3. The fourth-order valence-corrected chi connectivity index (χ4v) is 7.13. The average Bonchev–Trinajstić information content (AvgIpc) is 4.08. The number of hydrogen-bond donors (Lipinski definition) is 1. The van der Waals surface area contributed by atoms with Gasteiger partial charge in [0.05, 0.1) is 31.4 Å². The number of rotatable bonds is 7. The van der Waals surface area contributed by atoms with Crippen LogP contribution in [0.5, 0.6) is 11.8 Å². The molecule has 5 aliphatic rings. The van der Waals surface area contributed by atoms with Gasteiger partial charge in [-0.25, -0.2) is 4.39 Å². The topological polar surface area (TPSA) is 68.7 Å². The molecule has 8 heteroatoms. The van der Waals surface area contributed by atoms with E-state index in [0.29, 0.717) is 48.5 Å². The van der Waals surface area contributed by atoms with E-state index in [1.54, 1.807) is 13.2 Å². The number of benzene rings is 3. The number of aromatic nitrogens is 2. The fourth-order valence-electron chi connectivity index (χ4n) is 7.13. The van der Waals surface area contributed by atoms with Gasteiger partial charge in [-0.15, -0.1) is 0 Å². The SMILES string of the molecule is C1CC1.CCc1ccccc1.COc1cccc(F)c1-c1c(C2CC2)cc2c(N3CC4CC3CN4)nc(OC3CCOCC3)nc2c1C. The van der Waals surface area contributed by atoms with Crippen molar-refractivity contribution in [3.8, 4) is 22.9 Å². The molecule has 0 spiro atoms. The van der Waals surface area contributed by atoms with Crippen LogP contribution in [0.25, 0.3) is 22.0 Å². The van der Waals surface area contributed by atoms with E-state index in [1.807, 2.05) is 12.1 Å². The molecule has 9 rings (SSSR count). The Hall–Kier alpha value is -3.75. The molecule has 4 aromatic rings. The molecule has 48 heavy (non-hydrogen) atoms. The van der Waals surface area contributed by atoms with Gasteiger partial charge in [-0.05, 0) is 79.0 Å². The third kappa shape index (κ3) is 7.30. The second-order valence-corrected chi connectivity index (χ2v) is 13.8. The largest absolute Gasteiger partial charge is 0.496 e. The van der Waals surface area contributed by atoms with E-state index in [2.05, 4.69) is 54.4 Å². The zero-order valence-corrected chi connectivity index (χ0v) is 28.6. The highest BCUT2D eigenvalue weighted by atomic mass is 19.1. The fraction of sp³-hybridized carbons (Fsp3) is 0.500. The number of piperazine rings is 1. The van der Waals surface area contributed by atoms with Crippen LogP contribution in [0.3, 0.4) is 0 Å². The van der Waals surface area contributed by atoms with Crippen molar-refractivity contribution in [3.05, 3.63) is 77.1 Å². The standard InChI is InChI=1S/C29H33FN4O3.C8H10.C3H6/c1-16-25(26-23(30)4-3-5-24(26)35-2)21(17-6-7-17)13-22-27(16)32-29(37-20-8-10-36-11-9-20)33-28(22)34-15-18-12-19(34)14-31-18;1-2-8-6-4-3-5-7-8;1-2-3-1/h3-5,13,17-20,31H,6-12,14-15H2,1-2H3;3-7H,2H2,1H3;1-3H2. The second-order valence-electron chi connectivity index (χ2n) is 13.8. The van der Waals surface area contributed by atoms with Crippen molar-refractivity contribution in [3.63, 3.8) is 0 Å². The molecule has 3 aliphatic heterocycles. The van der Waals surface area contributed by atoms with Crippen molar-refractivity contribution in [2.24, 2.45) is 0 Å². The van der Waals surface area contributed by atoms with Crippen molar-refractivity contribution in [2.45, 2.75) is 95.7 Å². The molecule has 1 N–H and O–H groups in total. The Morgan fingerprint density at radius 2 is 1.73 bits per heavy atom. The molecule has 0 amide bonds. The zero-order valence-electron chi connectivity index (χ0n) is 28.6. The Morgan fingerprint density at radius 1 is 0.958 bits per heavy atom. The number of nitrogens with zero attached hydrogens (tertiary/aromatic N) is 3. The van der Waals surface area contributed by atoms with Crippen LogP contribution >= 0.6 is 0 Å². The number of nitrogens with one attached hydrogen (secondary N) is 1. The highest BCUT2D eigenvalue weighted by molar-refractivity contribution is 5.98. The van der Waals surface area contributed by atoms with Crippen LogP contribution in [0.4, 0.5) is 10.2 Å². The minimum Gasteiger partial charge on any atom is -0.496 e. The summed E-state index contributed by atoms with van der Waals surface area (Å²) in [7, 11) is 1.60. The first-order valence-corrected chi connectivity index (χ1v) is 18.0. The summed E-state index contributed by atoms with van der Waals surface area (Å²) in [5, 5.41) is 4.63. The average molecular weight is 653 g/mol. The number of methoxy groups -OCH3 is 1. The zero-order chi connectivity index (χ0) is 33.0. The number of halogens is 1. The molecule has 2 saturated carbocycles. The van der Waals surface area contributed by atoms with Gasteiger partial charge in [0.2, 0.25) is 0 Å². The first kappa shape index (κ1) is 32.8. The van der Waals surface area contributed by atoms with E-state index in [1.165, 1.54) is 36.5 Å². The van der Waals surface area contributed by atoms with Crippen molar-refractivity contribution in [2.75, 3.05) is 38.3 Å². The van der Waals surface area contributed by atoms with Crippen molar-refractivity contribution < 1.29 is 18.6 Å². The summed E-state index contributed by atoms with van der Waals surface area (Å²) in [6.07, 6.45) is 10.7.